The van der Waals surface area contributed by atoms with Gasteiger partial charge in [-0.3, -0.25) is 0 Å². The fraction of sp³-hybridized carbons (Fsp3) is 0.500. The number of benzene rings is 1. The largest absolute Gasteiger partial charge is 0.310 e. The first-order valence-electron chi connectivity index (χ1n) is 5.30. The third-order valence-electron chi connectivity index (χ3n) is 2.32. The summed E-state index contributed by atoms with van der Waals surface area (Å²) in [5.74, 6) is -0.217. The normalized spacial score (nSPS) is 14.8. The van der Waals surface area contributed by atoms with Gasteiger partial charge in [0, 0.05) is 17.4 Å². The van der Waals surface area contributed by atoms with Crippen molar-refractivity contribution in [3.8, 4) is 0 Å². The molecule has 1 nitrogen and oxygen atoms in total. The van der Waals surface area contributed by atoms with Crippen LogP contribution >= 0.6 is 31.9 Å². The van der Waals surface area contributed by atoms with Crippen LogP contribution in [0.4, 0.5) is 4.39 Å². The summed E-state index contributed by atoms with van der Waals surface area (Å²) < 4.78 is 13.5. The Morgan fingerprint density at radius 2 is 2.06 bits per heavy atom. The maximum atomic E-state index is 13.0. The summed E-state index contributed by atoms with van der Waals surface area (Å²) in [5, 5.41) is 3.40. The quantitative estimate of drug-likeness (QED) is 0.781. The molecule has 0 radical (unpaired) electrons. The van der Waals surface area contributed by atoms with Crippen molar-refractivity contribution in [2.75, 3.05) is 0 Å². The first-order chi connectivity index (χ1) is 7.49. The van der Waals surface area contributed by atoms with Gasteiger partial charge in [-0.25, -0.2) is 4.39 Å². The summed E-state index contributed by atoms with van der Waals surface area (Å²) in [6, 6.07) is 5.54. The van der Waals surface area contributed by atoms with E-state index in [-0.39, 0.29) is 5.82 Å². The van der Waals surface area contributed by atoms with E-state index in [1.807, 2.05) is 6.07 Å². The Balaban J connectivity index is 2.45. The predicted molar refractivity (Wildman–Crippen MR) is 73.4 cm³/mol. The molecule has 2 atom stereocenters. The SMILES string of the molecule is CC(Br)CC(C)NCc1ccc(F)c(Br)c1. The molecule has 0 saturated heterocycles. The second kappa shape index (κ2) is 6.72. The van der Waals surface area contributed by atoms with E-state index < -0.39 is 0 Å². The zero-order chi connectivity index (χ0) is 12.1. The summed E-state index contributed by atoms with van der Waals surface area (Å²) in [4.78, 5) is 0.509. The standard InChI is InChI=1S/C12H16Br2FN/c1-8(13)5-9(2)16-7-10-3-4-12(15)11(14)6-10/h3-4,6,8-9,16H,5,7H2,1-2H3. The number of nitrogens with one attached hydrogen (secondary N) is 1. The Morgan fingerprint density at radius 1 is 1.38 bits per heavy atom. The molecule has 1 aromatic rings. The molecule has 0 fully saturated rings. The van der Waals surface area contributed by atoms with E-state index in [0.29, 0.717) is 15.3 Å². The molecular formula is C12H16Br2FN. The molecule has 2 unspecified atom stereocenters. The number of hydrogen-bond donors (Lipinski definition) is 1. The van der Waals surface area contributed by atoms with E-state index >= 15 is 0 Å². The number of halogens is 3. The van der Waals surface area contributed by atoms with Gasteiger partial charge in [0.25, 0.3) is 0 Å². The minimum atomic E-state index is -0.217. The molecule has 1 aromatic carbocycles. The third kappa shape index (κ3) is 4.93. The highest BCUT2D eigenvalue weighted by Gasteiger charge is 2.06. The zero-order valence-electron chi connectivity index (χ0n) is 9.43. The Morgan fingerprint density at radius 3 is 2.62 bits per heavy atom. The van der Waals surface area contributed by atoms with Crippen LogP contribution in [0.15, 0.2) is 22.7 Å². The molecule has 1 rings (SSSR count). The average Bonchev–Trinajstić information content (AvgIpc) is 2.19. The number of rotatable bonds is 5. The van der Waals surface area contributed by atoms with Crippen molar-refractivity contribution in [2.24, 2.45) is 0 Å². The van der Waals surface area contributed by atoms with Gasteiger partial charge in [0.15, 0.2) is 0 Å². The third-order valence-corrected chi connectivity index (χ3v) is 3.30. The predicted octanol–water partition coefficient (Wildman–Crippen LogP) is 4.24. The van der Waals surface area contributed by atoms with Crippen molar-refractivity contribution in [3.63, 3.8) is 0 Å². The topological polar surface area (TPSA) is 12.0 Å². The molecule has 0 bridgehead atoms. The van der Waals surface area contributed by atoms with Crippen LogP contribution in [0.25, 0.3) is 0 Å². The Kier molecular flexibility index (Phi) is 5.94. The summed E-state index contributed by atoms with van der Waals surface area (Å²) in [6.07, 6.45) is 1.07. The molecule has 0 aliphatic rings. The molecule has 0 spiro atoms. The molecule has 0 aromatic heterocycles. The van der Waals surface area contributed by atoms with Crippen LogP contribution in [0, 0.1) is 5.82 Å². The highest BCUT2D eigenvalue weighted by atomic mass is 79.9. The van der Waals surface area contributed by atoms with Crippen LogP contribution in [0.5, 0.6) is 0 Å². The van der Waals surface area contributed by atoms with Gasteiger partial charge in [0.2, 0.25) is 0 Å². The molecule has 16 heavy (non-hydrogen) atoms. The second-order valence-electron chi connectivity index (χ2n) is 4.05. The highest BCUT2D eigenvalue weighted by molar-refractivity contribution is 9.10. The lowest BCUT2D eigenvalue weighted by molar-refractivity contribution is 0.515. The molecule has 0 aliphatic carbocycles. The van der Waals surface area contributed by atoms with E-state index in [1.54, 1.807) is 6.07 Å². The van der Waals surface area contributed by atoms with E-state index in [9.17, 15) is 4.39 Å². The molecule has 0 saturated carbocycles. The number of hydrogen-bond acceptors (Lipinski definition) is 1. The number of alkyl halides is 1. The molecule has 90 valence electrons. The van der Waals surface area contributed by atoms with Crippen LogP contribution < -0.4 is 5.32 Å². The van der Waals surface area contributed by atoms with Crippen LogP contribution in [0.3, 0.4) is 0 Å². The summed E-state index contributed by atoms with van der Waals surface area (Å²) in [5.41, 5.74) is 1.09. The Hall–Kier alpha value is 0.0700. The lowest BCUT2D eigenvalue weighted by Crippen LogP contribution is -2.27. The highest BCUT2D eigenvalue weighted by Crippen LogP contribution is 2.17. The zero-order valence-corrected chi connectivity index (χ0v) is 12.6. The van der Waals surface area contributed by atoms with Crippen molar-refractivity contribution in [3.05, 3.63) is 34.1 Å². The van der Waals surface area contributed by atoms with Gasteiger partial charge in [-0.15, -0.1) is 0 Å². The van der Waals surface area contributed by atoms with E-state index in [4.69, 9.17) is 0 Å². The van der Waals surface area contributed by atoms with Crippen LogP contribution in [0.2, 0.25) is 0 Å². The minimum Gasteiger partial charge on any atom is -0.310 e. The van der Waals surface area contributed by atoms with Gasteiger partial charge in [0.1, 0.15) is 5.82 Å². The maximum Gasteiger partial charge on any atom is 0.137 e. The smallest absolute Gasteiger partial charge is 0.137 e. The summed E-state index contributed by atoms with van der Waals surface area (Å²) in [6.45, 7) is 5.04. The van der Waals surface area contributed by atoms with Gasteiger partial charge < -0.3 is 5.32 Å². The molecule has 1 N–H and O–H groups in total. The molecule has 0 amide bonds. The van der Waals surface area contributed by atoms with Gasteiger partial charge in [-0.1, -0.05) is 28.9 Å². The lowest BCUT2D eigenvalue weighted by Gasteiger charge is -2.15. The van der Waals surface area contributed by atoms with Gasteiger partial charge in [-0.2, -0.15) is 0 Å². The van der Waals surface area contributed by atoms with Crippen molar-refractivity contribution in [2.45, 2.75) is 37.7 Å². The van der Waals surface area contributed by atoms with Crippen LogP contribution in [0.1, 0.15) is 25.8 Å². The van der Waals surface area contributed by atoms with E-state index in [1.165, 1.54) is 6.07 Å². The maximum absolute atomic E-state index is 13.0. The minimum absolute atomic E-state index is 0.217. The van der Waals surface area contributed by atoms with Gasteiger partial charge >= 0.3 is 0 Å². The first-order valence-corrected chi connectivity index (χ1v) is 7.01. The fourth-order valence-electron chi connectivity index (χ4n) is 1.51. The van der Waals surface area contributed by atoms with Gasteiger partial charge in [0.05, 0.1) is 4.47 Å². The fourth-order valence-corrected chi connectivity index (χ4v) is 2.50. The molecule has 4 heteroatoms. The van der Waals surface area contributed by atoms with Crippen molar-refractivity contribution < 1.29 is 4.39 Å². The average molecular weight is 353 g/mol. The Labute approximate surface area is 113 Å². The van der Waals surface area contributed by atoms with Crippen molar-refractivity contribution in [1.29, 1.82) is 0 Å². The van der Waals surface area contributed by atoms with Crippen molar-refractivity contribution in [1.82, 2.24) is 5.32 Å². The van der Waals surface area contributed by atoms with Crippen LogP contribution in [-0.4, -0.2) is 10.9 Å². The monoisotopic (exact) mass is 351 g/mol. The first kappa shape index (κ1) is 14.1. The second-order valence-corrected chi connectivity index (χ2v) is 6.46. The lowest BCUT2D eigenvalue weighted by atomic mass is 10.1. The van der Waals surface area contributed by atoms with E-state index in [2.05, 4.69) is 51.0 Å². The molecule has 0 heterocycles. The molecule has 0 aliphatic heterocycles. The molecular weight excluding hydrogens is 337 g/mol. The van der Waals surface area contributed by atoms with Crippen LogP contribution in [-0.2, 0) is 6.54 Å². The van der Waals surface area contributed by atoms with Gasteiger partial charge in [-0.05, 0) is 47.0 Å². The van der Waals surface area contributed by atoms with E-state index in [0.717, 1.165) is 18.5 Å². The summed E-state index contributed by atoms with van der Waals surface area (Å²) >= 11 is 6.71. The van der Waals surface area contributed by atoms with Crippen molar-refractivity contribution >= 4 is 31.9 Å². The summed E-state index contributed by atoms with van der Waals surface area (Å²) in [7, 11) is 0. The Bertz CT molecular complexity index is 342.